The molecular formula is C14H16BrNO. The number of hydrogen-bond acceptors (Lipinski definition) is 2. The molecule has 2 rings (SSSR count). The van der Waals surface area contributed by atoms with E-state index in [9.17, 15) is 0 Å². The van der Waals surface area contributed by atoms with E-state index >= 15 is 0 Å². The highest BCUT2D eigenvalue weighted by Crippen LogP contribution is 2.24. The quantitative estimate of drug-likeness (QED) is 0.930. The van der Waals surface area contributed by atoms with Gasteiger partial charge in [0.05, 0.1) is 0 Å². The van der Waals surface area contributed by atoms with Crippen molar-refractivity contribution < 1.29 is 4.74 Å². The lowest BCUT2D eigenvalue weighted by atomic mass is 10.1. The summed E-state index contributed by atoms with van der Waals surface area (Å²) in [7, 11) is 1.93. The fourth-order valence-electron chi connectivity index (χ4n) is 1.83. The maximum absolute atomic E-state index is 5.82. The van der Waals surface area contributed by atoms with Crippen molar-refractivity contribution in [3.05, 3.63) is 40.9 Å². The van der Waals surface area contributed by atoms with Crippen molar-refractivity contribution in [2.75, 3.05) is 13.6 Å². The van der Waals surface area contributed by atoms with Crippen LogP contribution in [0.15, 0.2) is 40.9 Å². The molecule has 0 saturated carbocycles. The van der Waals surface area contributed by atoms with Crippen LogP contribution >= 0.6 is 15.9 Å². The lowest BCUT2D eigenvalue weighted by molar-refractivity contribution is 0.221. The highest BCUT2D eigenvalue weighted by molar-refractivity contribution is 9.10. The van der Waals surface area contributed by atoms with Gasteiger partial charge in [0, 0.05) is 11.0 Å². The molecule has 90 valence electrons. The molecule has 1 N–H and O–H groups in total. The summed E-state index contributed by atoms with van der Waals surface area (Å²) in [4.78, 5) is 0. The van der Waals surface area contributed by atoms with Gasteiger partial charge >= 0.3 is 0 Å². The first kappa shape index (κ1) is 12.4. The van der Waals surface area contributed by atoms with Gasteiger partial charge in [0.2, 0.25) is 0 Å². The van der Waals surface area contributed by atoms with Crippen LogP contribution in [0.1, 0.15) is 6.92 Å². The predicted octanol–water partition coefficient (Wildman–Crippen LogP) is 3.59. The molecule has 0 aromatic heterocycles. The van der Waals surface area contributed by atoms with Gasteiger partial charge in [0.1, 0.15) is 11.9 Å². The van der Waals surface area contributed by atoms with E-state index in [1.807, 2.05) is 19.2 Å². The minimum absolute atomic E-state index is 0.174. The van der Waals surface area contributed by atoms with Crippen LogP contribution in [-0.2, 0) is 0 Å². The minimum Gasteiger partial charge on any atom is -0.489 e. The van der Waals surface area contributed by atoms with E-state index < -0.39 is 0 Å². The van der Waals surface area contributed by atoms with E-state index in [0.717, 1.165) is 16.8 Å². The summed E-state index contributed by atoms with van der Waals surface area (Å²) in [6, 6.07) is 12.4. The second-order valence-electron chi connectivity index (χ2n) is 4.14. The Hall–Kier alpha value is -1.06. The molecule has 0 aliphatic carbocycles. The molecule has 1 unspecified atom stereocenters. The zero-order valence-electron chi connectivity index (χ0n) is 10.0. The van der Waals surface area contributed by atoms with Gasteiger partial charge < -0.3 is 10.1 Å². The van der Waals surface area contributed by atoms with Gasteiger partial charge in [-0.05, 0) is 49.0 Å². The maximum atomic E-state index is 5.82. The van der Waals surface area contributed by atoms with E-state index in [0.29, 0.717) is 0 Å². The Morgan fingerprint density at radius 2 is 1.88 bits per heavy atom. The minimum atomic E-state index is 0.174. The van der Waals surface area contributed by atoms with E-state index in [2.05, 4.69) is 52.4 Å². The summed E-state index contributed by atoms with van der Waals surface area (Å²) >= 11 is 3.47. The molecule has 3 heteroatoms. The highest BCUT2D eigenvalue weighted by atomic mass is 79.9. The number of nitrogens with one attached hydrogen (secondary N) is 1. The average molecular weight is 294 g/mol. The van der Waals surface area contributed by atoms with Gasteiger partial charge in [-0.25, -0.2) is 0 Å². The van der Waals surface area contributed by atoms with Crippen LogP contribution in [0.2, 0.25) is 0 Å². The topological polar surface area (TPSA) is 21.3 Å². The second kappa shape index (κ2) is 5.52. The molecule has 0 spiro atoms. The Kier molecular flexibility index (Phi) is 4.02. The highest BCUT2D eigenvalue weighted by Gasteiger charge is 2.03. The van der Waals surface area contributed by atoms with Crippen molar-refractivity contribution in [3.63, 3.8) is 0 Å². The summed E-state index contributed by atoms with van der Waals surface area (Å²) in [5.41, 5.74) is 0. The Morgan fingerprint density at radius 3 is 2.65 bits per heavy atom. The second-order valence-corrected chi connectivity index (χ2v) is 5.06. The molecule has 0 saturated heterocycles. The fourth-order valence-corrected chi connectivity index (χ4v) is 2.21. The van der Waals surface area contributed by atoms with Gasteiger partial charge in [0.25, 0.3) is 0 Å². The van der Waals surface area contributed by atoms with Crippen molar-refractivity contribution in [3.8, 4) is 5.75 Å². The van der Waals surface area contributed by atoms with Gasteiger partial charge in [-0.1, -0.05) is 28.1 Å². The third-order valence-electron chi connectivity index (χ3n) is 2.60. The first-order chi connectivity index (χ1) is 8.19. The van der Waals surface area contributed by atoms with Crippen LogP contribution in [0.3, 0.4) is 0 Å². The maximum Gasteiger partial charge on any atom is 0.120 e. The Bertz CT molecular complexity index is 513. The molecule has 2 aromatic rings. The Balaban J connectivity index is 2.23. The summed E-state index contributed by atoms with van der Waals surface area (Å²) < 4.78 is 6.92. The van der Waals surface area contributed by atoms with Crippen molar-refractivity contribution >= 4 is 26.7 Å². The number of likely N-dealkylation sites (N-methyl/N-ethyl adjacent to an activating group) is 1. The first-order valence-corrected chi connectivity index (χ1v) is 6.49. The van der Waals surface area contributed by atoms with Gasteiger partial charge in [-0.2, -0.15) is 0 Å². The molecule has 2 nitrogen and oxygen atoms in total. The van der Waals surface area contributed by atoms with Crippen molar-refractivity contribution in [1.29, 1.82) is 0 Å². The van der Waals surface area contributed by atoms with Crippen molar-refractivity contribution in [2.45, 2.75) is 13.0 Å². The number of rotatable bonds is 4. The number of ether oxygens (including phenoxy) is 1. The number of hydrogen-bond donors (Lipinski definition) is 1. The van der Waals surface area contributed by atoms with Crippen LogP contribution in [0, 0.1) is 0 Å². The third-order valence-corrected chi connectivity index (χ3v) is 3.10. The molecule has 0 fully saturated rings. The molecule has 0 aliphatic rings. The summed E-state index contributed by atoms with van der Waals surface area (Å²) in [6.07, 6.45) is 0.174. The van der Waals surface area contributed by atoms with Crippen LogP contribution in [0.4, 0.5) is 0 Å². The number of fused-ring (bicyclic) bond motifs is 1. The lowest BCUT2D eigenvalue weighted by Gasteiger charge is -2.14. The van der Waals surface area contributed by atoms with Gasteiger partial charge in [-0.3, -0.25) is 0 Å². The van der Waals surface area contributed by atoms with E-state index in [-0.39, 0.29) is 6.10 Å². The van der Waals surface area contributed by atoms with E-state index in [1.165, 1.54) is 10.8 Å². The number of halogens is 1. The normalized spacial score (nSPS) is 12.6. The predicted molar refractivity (Wildman–Crippen MR) is 75.7 cm³/mol. The smallest absolute Gasteiger partial charge is 0.120 e. The van der Waals surface area contributed by atoms with Crippen LogP contribution in [-0.4, -0.2) is 19.7 Å². The zero-order chi connectivity index (χ0) is 12.3. The van der Waals surface area contributed by atoms with E-state index in [4.69, 9.17) is 4.74 Å². The Labute approximate surface area is 110 Å². The van der Waals surface area contributed by atoms with Crippen LogP contribution < -0.4 is 10.1 Å². The van der Waals surface area contributed by atoms with E-state index in [1.54, 1.807) is 0 Å². The monoisotopic (exact) mass is 293 g/mol. The molecule has 17 heavy (non-hydrogen) atoms. The number of benzene rings is 2. The standard InChI is InChI=1S/C14H16BrNO/c1-10(9-16-2)17-14-6-4-11-7-13(15)5-3-12(11)8-14/h3-8,10,16H,9H2,1-2H3. The van der Waals surface area contributed by atoms with Gasteiger partial charge in [-0.15, -0.1) is 0 Å². The van der Waals surface area contributed by atoms with Crippen molar-refractivity contribution in [2.24, 2.45) is 0 Å². The molecule has 0 bridgehead atoms. The van der Waals surface area contributed by atoms with Crippen molar-refractivity contribution in [1.82, 2.24) is 5.32 Å². The third kappa shape index (κ3) is 3.20. The lowest BCUT2D eigenvalue weighted by Crippen LogP contribution is -2.25. The molecule has 1 atom stereocenters. The largest absolute Gasteiger partial charge is 0.489 e. The van der Waals surface area contributed by atoms with Crippen LogP contribution in [0.25, 0.3) is 10.8 Å². The summed E-state index contributed by atoms with van der Waals surface area (Å²) in [5.74, 6) is 0.919. The molecule has 0 heterocycles. The molecule has 0 amide bonds. The molecule has 0 aliphatic heterocycles. The van der Waals surface area contributed by atoms with Gasteiger partial charge in [0.15, 0.2) is 0 Å². The molecule has 2 aromatic carbocycles. The summed E-state index contributed by atoms with van der Waals surface area (Å²) in [5, 5.41) is 5.51. The molecule has 0 radical (unpaired) electrons. The Morgan fingerprint density at radius 1 is 1.18 bits per heavy atom. The SMILES string of the molecule is CNCC(C)Oc1ccc2cc(Br)ccc2c1. The first-order valence-electron chi connectivity index (χ1n) is 5.69. The fraction of sp³-hybridized carbons (Fsp3) is 0.286. The zero-order valence-corrected chi connectivity index (χ0v) is 11.6. The molecular weight excluding hydrogens is 278 g/mol. The van der Waals surface area contributed by atoms with Crippen LogP contribution in [0.5, 0.6) is 5.75 Å². The summed E-state index contributed by atoms with van der Waals surface area (Å²) in [6.45, 7) is 2.90. The average Bonchev–Trinajstić information content (AvgIpc) is 2.29.